The first-order valence-corrected chi connectivity index (χ1v) is 8.43. The predicted octanol–water partition coefficient (Wildman–Crippen LogP) is 4.61. The molecule has 1 amide bonds. The number of aromatic nitrogens is 1. The summed E-state index contributed by atoms with van der Waals surface area (Å²) in [5, 5.41) is 6.67. The van der Waals surface area contributed by atoms with Crippen molar-refractivity contribution in [1.82, 2.24) is 4.98 Å². The summed E-state index contributed by atoms with van der Waals surface area (Å²) in [5.74, 6) is 1.04. The van der Waals surface area contributed by atoms with Crippen LogP contribution in [0.4, 0.5) is 11.5 Å². The fourth-order valence-electron chi connectivity index (χ4n) is 2.49. The molecular weight excluding hydrogens is 350 g/mol. The monoisotopic (exact) mass is 367 g/mol. The number of nitrogens with one attached hydrogen (secondary N) is 2. The van der Waals surface area contributed by atoms with Crippen LogP contribution < -0.4 is 15.4 Å². The molecule has 0 saturated heterocycles. The third kappa shape index (κ3) is 4.32. The van der Waals surface area contributed by atoms with Gasteiger partial charge in [0.1, 0.15) is 11.6 Å². The highest BCUT2D eigenvalue weighted by molar-refractivity contribution is 6.30. The topological polar surface area (TPSA) is 63.2 Å². The van der Waals surface area contributed by atoms with Gasteiger partial charge in [0, 0.05) is 29.0 Å². The molecule has 0 atom stereocenters. The van der Waals surface area contributed by atoms with E-state index in [1.165, 1.54) is 0 Å². The van der Waals surface area contributed by atoms with Crippen molar-refractivity contribution in [2.24, 2.45) is 0 Å². The molecule has 0 saturated carbocycles. The number of methoxy groups -OCH3 is 1. The molecule has 0 aliphatic heterocycles. The molecule has 26 heavy (non-hydrogen) atoms. The lowest BCUT2D eigenvalue weighted by molar-refractivity contribution is 0.102. The molecule has 0 aliphatic rings. The second-order valence-electron chi connectivity index (χ2n) is 5.53. The van der Waals surface area contributed by atoms with Gasteiger partial charge in [0.05, 0.1) is 12.7 Å². The Balaban J connectivity index is 1.75. The lowest BCUT2D eigenvalue weighted by Gasteiger charge is -2.13. The second-order valence-corrected chi connectivity index (χ2v) is 5.96. The number of rotatable bonds is 6. The van der Waals surface area contributed by atoms with Crippen LogP contribution in [0.25, 0.3) is 0 Å². The number of carbonyl (C=O) groups is 1. The third-order valence-electron chi connectivity index (χ3n) is 3.79. The van der Waals surface area contributed by atoms with Crippen molar-refractivity contribution in [3.05, 3.63) is 83.0 Å². The van der Waals surface area contributed by atoms with Crippen LogP contribution in [0.5, 0.6) is 5.75 Å². The highest BCUT2D eigenvalue weighted by Crippen LogP contribution is 2.21. The van der Waals surface area contributed by atoms with E-state index in [1.54, 1.807) is 49.7 Å². The summed E-state index contributed by atoms with van der Waals surface area (Å²) >= 11 is 5.87. The molecule has 3 aromatic rings. The van der Waals surface area contributed by atoms with Crippen molar-refractivity contribution >= 4 is 29.0 Å². The van der Waals surface area contributed by atoms with E-state index in [2.05, 4.69) is 15.6 Å². The van der Waals surface area contributed by atoms with E-state index >= 15 is 0 Å². The minimum absolute atomic E-state index is 0.247. The Morgan fingerprint density at radius 3 is 2.62 bits per heavy atom. The maximum Gasteiger partial charge on any atom is 0.259 e. The zero-order chi connectivity index (χ0) is 18.4. The Morgan fingerprint density at radius 2 is 1.85 bits per heavy atom. The largest absolute Gasteiger partial charge is 0.496 e. The van der Waals surface area contributed by atoms with Crippen LogP contribution in [0.1, 0.15) is 15.9 Å². The van der Waals surface area contributed by atoms with Gasteiger partial charge in [-0.1, -0.05) is 29.8 Å². The van der Waals surface area contributed by atoms with Gasteiger partial charge >= 0.3 is 0 Å². The quantitative estimate of drug-likeness (QED) is 0.668. The fourth-order valence-corrected chi connectivity index (χ4v) is 2.61. The number of ether oxygens (including phenoxy) is 1. The Hall–Kier alpha value is -3.05. The summed E-state index contributed by atoms with van der Waals surface area (Å²) in [5.41, 5.74) is 2.10. The molecule has 1 heterocycles. The van der Waals surface area contributed by atoms with Gasteiger partial charge < -0.3 is 15.4 Å². The molecule has 2 aromatic carbocycles. The average Bonchev–Trinajstić information content (AvgIpc) is 2.68. The Labute approximate surface area is 157 Å². The number of pyridine rings is 1. The molecule has 0 unspecified atom stereocenters. The van der Waals surface area contributed by atoms with Gasteiger partial charge in [-0.05, 0) is 42.5 Å². The zero-order valence-electron chi connectivity index (χ0n) is 14.2. The summed E-state index contributed by atoms with van der Waals surface area (Å²) < 4.78 is 5.35. The predicted molar refractivity (Wildman–Crippen MR) is 104 cm³/mol. The van der Waals surface area contributed by atoms with Crippen LogP contribution in [0.15, 0.2) is 66.9 Å². The first kappa shape index (κ1) is 17.8. The van der Waals surface area contributed by atoms with Crippen molar-refractivity contribution in [2.75, 3.05) is 17.7 Å². The SMILES string of the molecule is COc1ccccc1CNc1ncccc1C(=O)Nc1ccc(Cl)cc1. The van der Waals surface area contributed by atoms with Crippen LogP contribution in [0.2, 0.25) is 5.02 Å². The first-order valence-electron chi connectivity index (χ1n) is 8.05. The zero-order valence-corrected chi connectivity index (χ0v) is 15.0. The molecular formula is C20H18ClN3O2. The number of anilines is 2. The molecule has 0 radical (unpaired) electrons. The summed E-state index contributed by atoms with van der Waals surface area (Å²) in [4.78, 5) is 16.9. The molecule has 6 heteroatoms. The molecule has 0 spiro atoms. The number of amides is 1. The van der Waals surface area contributed by atoms with E-state index in [0.717, 1.165) is 11.3 Å². The number of nitrogens with zero attached hydrogens (tertiary/aromatic N) is 1. The Morgan fingerprint density at radius 1 is 1.08 bits per heavy atom. The second kappa shape index (κ2) is 8.36. The number of hydrogen-bond acceptors (Lipinski definition) is 4. The highest BCUT2D eigenvalue weighted by Gasteiger charge is 2.13. The van der Waals surface area contributed by atoms with Crippen molar-refractivity contribution in [3.8, 4) is 5.75 Å². The molecule has 0 bridgehead atoms. The van der Waals surface area contributed by atoms with Crippen molar-refractivity contribution in [1.29, 1.82) is 0 Å². The Bertz CT molecular complexity index is 898. The van der Waals surface area contributed by atoms with Gasteiger partial charge in [0.15, 0.2) is 0 Å². The normalized spacial score (nSPS) is 10.2. The van der Waals surface area contributed by atoms with Crippen molar-refractivity contribution < 1.29 is 9.53 Å². The van der Waals surface area contributed by atoms with E-state index in [9.17, 15) is 4.79 Å². The van der Waals surface area contributed by atoms with Crippen LogP contribution in [0.3, 0.4) is 0 Å². The number of hydrogen-bond donors (Lipinski definition) is 2. The first-order chi connectivity index (χ1) is 12.7. The molecule has 132 valence electrons. The van der Waals surface area contributed by atoms with Crippen molar-refractivity contribution in [2.45, 2.75) is 6.54 Å². The summed E-state index contributed by atoms with van der Waals surface area (Å²) in [6, 6.07) is 18.1. The molecule has 0 aliphatic carbocycles. The molecule has 5 nitrogen and oxygen atoms in total. The lowest BCUT2D eigenvalue weighted by Crippen LogP contribution is -2.15. The van der Waals surface area contributed by atoms with Crippen LogP contribution in [-0.2, 0) is 6.54 Å². The molecule has 3 rings (SSSR count). The van der Waals surface area contributed by atoms with E-state index in [4.69, 9.17) is 16.3 Å². The maximum absolute atomic E-state index is 12.6. The van der Waals surface area contributed by atoms with Crippen LogP contribution >= 0.6 is 11.6 Å². The van der Waals surface area contributed by atoms with Crippen molar-refractivity contribution in [3.63, 3.8) is 0 Å². The number of benzene rings is 2. The fraction of sp³-hybridized carbons (Fsp3) is 0.100. The van der Waals surface area contributed by atoms with E-state index in [-0.39, 0.29) is 5.91 Å². The molecule has 0 fully saturated rings. The van der Waals surface area contributed by atoms with Gasteiger partial charge in [0.2, 0.25) is 0 Å². The molecule has 1 aromatic heterocycles. The van der Waals surface area contributed by atoms with E-state index < -0.39 is 0 Å². The van der Waals surface area contributed by atoms with Gasteiger partial charge in [-0.15, -0.1) is 0 Å². The average molecular weight is 368 g/mol. The van der Waals surface area contributed by atoms with Gasteiger partial charge in [-0.2, -0.15) is 0 Å². The van der Waals surface area contributed by atoms with Crippen LogP contribution in [0, 0.1) is 0 Å². The van der Waals surface area contributed by atoms with Crippen LogP contribution in [-0.4, -0.2) is 18.0 Å². The van der Waals surface area contributed by atoms with Gasteiger partial charge in [-0.25, -0.2) is 4.98 Å². The maximum atomic E-state index is 12.6. The lowest BCUT2D eigenvalue weighted by atomic mass is 10.2. The summed E-state index contributed by atoms with van der Waals surface area (Å²) in [6.45, 7) is 0.488. The molecule has 2 N–H and O–H groups in total. The summed E-state index contributed by atoms with van der Waals surface area (Å²) in [7, 11) is 1.63. The number of halogens is 1. The standard InChI is InChI=1S/C20H18ClN3O2/c1-26-18-7-3-2-5-14(18)13-23-19-17(6-4-12-22-19)20(25)24-16-10-8-15(21)9-11-16/h2-12H,13H2,1H3,(H,22,23)(H,24,25). The minimum Gasteiger partial charge on any atom is -0.496 e. The Kier molecular flexibility index (Phi) is 5.71. The highest BCUT2D eigenvalue weighted by atomic mass is 35.5. The minimum atomic E-state index is -0.247. The smallest absolute Gasteiger partial charge is 0.259 e. The number of para-hydroxylation sites is 1. The van der Waals surface area contributed by atoms with E-state index in [0.29, 0.717) is 28.6 Å². The van der Waals surface area contributed by atoms with E-state index in [1.807, 2.05) is 24.3 Å². The van der Waals surface area contributed by atoms with Gasteiger partial charge in [-0.3, -0.25) is 4.79 Å². The van der Waals surface area contributed by atoms with Gasteiger partial charge in [0.25, 0.3) is 5.91 Å². The third-order valence-corrected chi connectivity index (χ3v) is 4.05. The summed E-state index contributed by atoms with van der Waals surface area (Å²) in [6.07, 6.45) is 1.64. The number of carbonyl (C=O) groups excluding carboxylic acids is 1.